The van der Waals surface area contributed by atoms with Crippen molar-refractivity contribution in [1.29, 1.82) is 0 Å². The minimum absolute atomic E-state index is 0.703. The number of aromatic nitrogens is 4. The van der Waals surface area contributed by atoms with Gasteiger partial charge in [0.25, 0.3) is 0 Å². The normalized spacial score (nSPS) is 11.3. The van der Waals surface area contributed by atoms with E-state index in [-0.39, 0.29) is 0 Å². The molecule has 0 aliphatic carbocycles. The molecule has 8 aromatic rings. The quantitative estimate of drug-likeness (QED) is 0.210. The molecule has 0 amide bonds. The Morgan fingerprint density at radius 3 is 1.57 bits per heavy atom. The highest BCUT2D eigenvalue weighted by Crippen LogP contribution is 2.37. The van der Waals surface area contributed by atoms with Crippen LogP contribution in [0.2, 0.25) is 0 Å². The molecule has 8 rings (SSSR count). The highest BCUT2D eigenvalue weighted by Gasteiger charge is 2.17. The van der Waals surface area contributed by atoms with Gasteiger partial charge in [0.1, 0.15) is 0 Å². The van der Waals surface area contributed by atoms with E-state index in [9.17, 15) is 0 Å². The average molecular weight is 537 g/mol. The molecule has 4 heteroatoms. The number of hydrogen-bond acceptors (Lipinski definition) is 4. The van der Waals surface area contributed by atoms with Gasteiger partial charge in [-0.2, -0.15) is 0 Å². The lowest BCUT2D eigenvalue weighted by Crippen LogP contribution is -1.98. The third-order valence-corrected chi connectivity index (χ3v) is 7.67. The van der Waals surface area contributed by atoms with Gasteiger partial charge >= 0.3 is 0 Å². The number of benzene rings is 5. The molecule has 0 radical (unpaired) electrons. The van der Waals surface area contributed by atoms with Crippen molar-refractivity contribution in [2.45, 2.75) is 0 Å². The highest BCUT2D eigenvalue weighted by molar-refractivity contribution is 6.07. The zero-order valence-electron chi connectivity index (χ0n) is 22.6. The number of nitrogens with zero attached hydrogens (tertiary/aromatic N) is 4. The van der Waals surface area contributed by atoms with Crippen LogP contribution in [0.4, 0.5) is 0 Å². The molecule has 0 aliphatic heterocycles. The van der Waals surface area contributed by atoms with E-state index >= 15 is 0 Å². The van der Waals surface area contributed by atoms with Crippen molar-refractivity contribution < 1.29 is 0 Å². The molecule has 3 heterocycles. The van der Waals surface area contributed by atoms with Crippen molar-refractivity contribution in [2.24, 2.45) is 0 Å². The molecule has 0 unspecified atom stereocenters. The van der Waals surface area contributed by atoms with Gasteiger partial charge in [0.2, 0.25) is 0 Å². The highest BCUT2D eigenvalue weighted by atomic mass is 14.9. The first-order valence-electron chi connectivity index (χ1n) is 14.0. The number of pyridine rings is 2. The van der Waals surface area contributed by atoms with Crippen molar-refractivity contribution >= 4 is 32.7 Å². The van der Waals surface area contributed by atoms with Gasteiger partial charge in [0.15, 0.2) is 5.82 Å². The Morgan fingerprint density at radius 1 is 0.357 bits per heavy atom. The number of rotatable bonds is 4. The zero-order chi connectivity index (χ0) is 27.9. The second-order valence-electron chi connectivity index (χ2n) is 10.3. The Balaban J connectivity index is 1.38. The fourth-order valence-electron chi connectivity index (χ4n) is 5.61. The summed E-state index contributed by atoms with van der Waals surface area (Å²) in [5.41, 5.74) is 9.42. The third-order valence-electron chi connectivity index (χ3n) is 7.67. The topological polar surface area (TPSA) is 51.6 Å². The maximum absolute atomic E-state index is 5.26. The predicted molar refractivity (Wildman–Crippen MR) is 172 cm³/mol. The summed E-state index contributed by atoms with van der Waals surface area (Å²) in [7, 11) is 0. The van der Waals surface area contributed by atoms with Crippen LogP contribution >= 0.6 is 0 Å². The van der Waals surface area contributed by atoms with E-state index in [0.717, 1.165) is 72.0 Å². The first-order valence-corrected chi connectivity index (χ1v) is 14.0. The molecule has 0 saturated heterocycles. The van der Waals surface area contributed by atoms with Crippen LogP contribution < -0.4 is 0 Å². The van der Waals surface area contributed by atoms with Crippen LogP contribution in [0.5, 0.6) is 0 Å². The van der Waals surface area contributed by atoms with E-state index in [1.165, 1.54) is 0 Å². The molecule has 0 saturated carbocycles. The SMILES string of the molecule is c1ccc(-c2ccc3ccc4ccc(-c5cccc6nc(-c7ccccc7)nc(-c7ccccc7)c56)nc4c3n2)cc1. The minimum atomic E-state index is 0.703. The zero-order valence-corrected chi connectivity index (χ0v) is 22.6. The fraction of sp³-hybridized carbons (Fsp3) is 0. The van der Waals surface area contributed by atoms with Crippen molar-refractivity contribution in [2.75, 3.05) is 0 Å². The van der Waals surface area contributed by atoms with Gasteiger partial charge in [0.05, 0.1) is 33.6 Å². The van der Waals surface area contributed by atoms with E-state index in [0.29, 0.717) is 5.82 Å². The van der Waals surface area contributed by atoms with Crippen LogP contribution in [0.25, 0.3) is 77.9 Å². The van der Waals surface area contributed by atoms with E-state index in [1.807, 2.05) is 66.7 Å². The molecule has 196 valence electrons. The van der Waals surface area contributed by atoms with Crippen LogP contribution in [0.3, 0.4) is 0 Å². The van der Waals surface area contributed by atoms with Crippen LogP contribution in [-0.4, -0.2) is 19.9 Å². The van der Waals surface area contributed by atoms with Crippen molar-refractivity contribution in [3.8, 4) is 45.2 Å². The summed E-state index contributed by atoms with van der Waals surface area (Å²) < 4.78 is 0. The molecule has 42 heavy (non-hydrogen) atoms. The van der Waals surface area contributed by atoms with Crippen LogP contribution in [0.15, 0.2) is 146 Å². The second-order valence-corrected chi connectivity index (χ2v) is 10.3. The summed E-state index contributed by atoms with van der Waals surface area (Å²) in [6, 6.07) is 49.6. The van der Waals surface area contributed by atoms with Gasteiger partial charge < -0.3 is 0 Å². The standard InChI is InChI=1S/C38H24N4/c1-4-11-25(12-5-1)31-23-21-27-19-20-28-22-24-32(40-37(28)36(27)39-31)30-17-10-18-33-34(30)35(26-13-6-2-7-14-26)42-38(41-33)29-15-8-3-9-16-29/h1-24H. The summed E-state index contributed by atoms with van der Waals surface area (Å²) in [5, 5.41) is 3.09. The third kappa shape index (κ3) is 4.18. The molecule has 4 nitrogen and oxygen atoms in total. The Labute approximate surface area is 243 Å². The van der Waals surface area contributed by atoms with Crippen LogP contribution in [0.1, 0.15) is 0 Å². The first kappa shape index (κ1) is 24.1. The Kier molecular flexibility index (Phi) is 5.75. The molecule has 0 atom stereocenters. The van der Waals surface area contributed by atoms with E-state index in [2.05, 4.69) is 78.9 Å². The van der Waals surface area contributed by atoms with Gasteiger partial charge in [-0.3, -0.25) is 0 Å². The summed E-state index contributed by atoms with van der Waals surface area (Å²) in [5.74, 6) is 0.703. The van der Waals surface area contributed by atoms with Gasteiger partial charge in [-0.05, 0) is 18.2 Å². The summed E-state index contributed by atoms with van der Waals surface area (Å²) in [6.07, 6.45) is 0. The first-order chi connectivity index (χ1) is 20.8. The number of fused-ring (bicyclic) bond motifs is 4. The minimum Gasteiger partial charge on any atom is -0.245 e. The molecule has 3 aromatic heterocycles. The average Bonchev–Trinajstić information content (AvgIpc) is 3.08. The lowest BCUT2D eigenvalue weighted by Gasteiger charge is -2.14. The summed E-state index contributed by atoms with van der Waals surface area (Å²) in [4.78, 5) is 20.5. The Bertz CT molecular complexity index is 2230. The van der Waals surface area contributed by atoms with Crippen LogP contribution in [0, 0.1) is 0 Å². The van der Waals surface area contributed by atoms with E-state index < -0.39 is 0 Å². The van der Waals surface area contributed by atoms with Crippen LogP contribution in [-0.2, 0) is 0 Å². The molecular weight excluding hydrogens is 512 g/mol. The summed E-state index contributed by atoms with van der Waals surface area (Å²) >= 11 is 0. The smallest absolute Gasteiger partial charge is 0.160 e. The van der Waals surface area contributed by atoms with Crippen molar-refractivity contribution in [1.82, 2.24) is 19.9 Å². The second kappa shape index (κ2) is 10.0. The molecule has 0 fully saturated rings. The van der Waals surface area contributed by atoms with Gasteiger partial charge in [0, 0.05) is 38.4 Å². The molecule has 5 aromatic carbocycles. The van der Waals surface area contributed by atoms with Crippen molar-refractivity contribution in [3.05, 3.63) is 146 Å². The largest absolute Gasteiger partial charge is 0.245 e. The fourth-order valence-corrected chi connectivity index (χ4v) is 5.61. The van der Waals surface area contributed by atoms with E-state index in [1.54, 1.807) is 0 Å². The van der Waals surface area contributed by atoms with Gasteiger partial charge in [-0.15, -0.1) is 0 Å². The lowest BCUT2D eigenvalue weighted by molar-refractivity contribution is 1.23. The molecule has 0 spiro atoms. The Hall–Kier alpha value is -5.74. The maximum Gasteiger partial charge on any atom is 0.160 e. The molecule has 0 bridgehead atoms. The maximum atomic E-state index is 5.26. The van der Waals surface area contributed by atoms with Crippen molar-refractivity contribution in [3.63, 3.8) is 0 Å². The predicted octanol–water partition coefficient (Wildman–Crippen LogP) is 9.39. The molecule has 0 N–H and O–H groups in total. The molecule has 0 aliphatic rings. The number of hydrogen-bond donors (Lipinski definition) is 0. The lowest BCUT2D eigenvalue weighted by atomic mass is 9.98. The monoisotopic (exact) mass is 536 g/mol. The van der Waals surface area contributed by atoms with Gasteiger partial charge in [-0.25, -0.2) is 19.9 Å². The molecular formula is C38H24N4. The van der Waals surface area contributed by atoms with Gasteiger partial charge in [-0.1, -0.05) is 127 Å². The Morgan fingerprint density at radius 2 is 0.905 bits per heavy atom. The summed E-state index contributed by atoms with van der Waals surface area (Å²) in [6.45, 7) is 0. The van der Waals surface area contributed by atoms with E-state index in [4.69, 9.17) is 19.9 Å².